The molecule has 110 valence electrons. The number of aromatic nitrogens is 2. The molecule has 0 atom stereocenters. The van der Waals surface area contributed by atoms with Gasteiger partial charge in [0.1, 0.15) is 4.83 Å². The minimum Gasteiger partial charge on any atom is -0.283 e. The molecule has 3 aromatic rings. The number of fused-ring (bicyclic) bond motifs is 1. The molecule has 0 aliphatic heterocycles. The van der Waals surface area contributed by atoms with Crippen molar-refractivity contribution < 1.29 is 0 Å². The zero-order valence-corrected chi connectivity index (χ0v) is 13.9. The summed E-state index contributed by atoms with van der Waals surface area (Å²) < 4.78 is 1.58. The summed E-state index contributed by atoms with van der Waals surface area (Å²) in [5, 5.41) is 13.9. The first-order chi connectivity index (χ1) is 10.8. The fourth-order valence-electron chi connectivity index (χ4n) is 2.12. The Morgan fingerprint density at radius 3 is 3.05 bits per heavy atom. The molecule has 0 bridgehead atoms. The van der Waals surface area contributed by atoms with Crippen molar-refractivity contribution in [3.63, 3.8) is 0 Å². The maximum absolute atomic E-state index is 12.9. The van der Waals surface area contributed by atoms with Gasteiger partial charge in [-0.2, -0.15) is 5.26 Å². The van der Waals surface area contributed by atoms with E-state index in [0.717, 1.165) is 10.4 Å². The van der Waals surface area contributed by atoms with Crippen molar-refractivity contribution in [2.75, 3.05) is 5.75 Å². The van der Waals surface area contributed by atoms with Crippen molar-refractivity contribution in [2.24, 2.45) is 0 Å². The molecule has 4 nitrogen and oxygen atoms in total. The number of nitrogens with zero attached hydrogens (tertiary/aromatic N) is 3. The van der Waals surface area contributed by atoms with Gasteiger partial charge in [-0.1, -0.05) is 23.9 Å². The van der Waals surface area contributed by atoms with Crippen molar-refractivity contribution in [1.82, 2.24) is 9.55 Å². The van der Waals surface area contributed by atoms with Crippen molar-refractivity contribution in [1.29, 1.82) is 5.26 Å². The van der Waals surface area contributed by atoms with Crippen molar-refractivity contribution in [3.05, 3.63) is 45.9 Å². The third-order valence-corrected chi connectivity index (χ3v) is 5.64. The fourth-order valence-corrected chi connectivity index (χ4v) is 4.59. The molecule has 0 unspecified atom stereocenters. The molecule has 3 rings (SSSR count). The second-order valence-electron chi connectivity index (χ2n) is 4.35. The van der Waals surface area contributed by atoms with Gasteiger partial charge in [0.25, 0.3) is 5.56 Å². The molecule has 0 saturated heterocycles. The lowest BCUT2D eigenvalue weighted by Gasteiger charge is -2.09. The number of hydrogen-bond acceptors (Lipinski definition) is 6. The first kappa shape index (κ1) is 15.0. The summed E-state index contributed by atoms with van der Waals surface area (Å²) in [6.45, 7) is 4.09. The lowest BCUT2D eigenvalue weighted by Crippen LogP contribution is -2.22. The Bertz CT molecular complexity index is 916. The summed E-state index contributed by atoms with van der Waals surface area (Å²) in [5.74, 6) is 0.262. The van der Waals surface area contributed by atoms with Gasteiger partial charge in [0.2, 0.25) is 0 Å². The lowest BCUT2D eigenvalue weighted by atomic mass is 10.2. The molecule has 0 radical (unpaired) electrons. The normalized spacial score (nSPS) is 10.7. The standard InChI is InChI=1S/C15H11N3OS3/c1-2-6-18-14(19)12-10(11-4-3-7-20-11)9-22-13(12)17-15(18)21-8-5-16/h2-4,7,9H,1,6,8H2. The quantitative estimate of drug-likeness (QED) is 0.398. The molecular formula is C15H11N3OS3. The summed E-state index contributed by atoms with van der Waals surface area (Å²) in [7, 11) is 0. The third kappa shape index (κ3) is 2.61. The van der Waals surface area contributed by atoms with Crippen LogP contribution in [0.1, 0.15) is 0 Å². The van der Waals surface area contributed by atoms with Crippen molar-refractivity contribution in [2.45, 2.75) is 11.7 Å². The Labute approximate surface area is 139 Å². The van der Waals surface area contributed by atoms with Crippen LogP contribution in [-0.2, 0) is 6.54 Å². The van der Waals surface area contributed by atoms with Crippen molar-refractivity contribution >= 4 is 44.7 Å². The van der Waals surface area contributed by atoms with Gasteiger partial charge in [-0.15, -0.1) is 29.3 Å². The van der Waals surface area contributed by atoms with Gasteiger partial charge < -0.3 is 0 Å². The second kappa shape index (κ2) is 6.48. The van der Waals surface area contributed by atoms with Gasteiger partial charge in [-0.3, -0.25) is 9.36 Å². The molecule has 3 aromatic heterocycles. The highest BCUT2D eigenvalue weighted by Crippen LogP contribution is 2.34. The Kier molecular flexibility index (Phi) is 4.43. The average molecular weight is 345 g/mol. The van der Waals surface area contributed by atoms with Crippen LogP contribution in [0, 0.1) is 11.3 Å². The molecule has 0 N–H and O–H groups in total. The molecular weight excluding hydrogens is 334 g/mol. The number of thioether (sulfide) groups is 1. The highest BCUT2D eigenvalue weighted by Gasteiger charge is 2.17. The molecule has 0 spiro atoms. The van der Waals surface area contributed by atoms with E-state index in [4.69, 9.17) is 5.26 Å². The van der Waals surface area contributed by atoms with Crippen LogP contribution in [0.15, 0.2) is 45.5 Å². The molecule has 7 heteroatoms. The fraction of sp³-hybridized carbons (Fsp3) is 0.133. The lowest BCUT2D eigenvalue weighted by molar-refractivity contribution is 0.673. The van der Waals surface area contributed by atoms with Crippen molar-refractivity contribution in [3.8, 4) is 16.5 Å². The van der Waals surface area contributed by atoms with Gasteiger partial charge in [-0.05, 0) is 11.4 Å². The van der Waals surface area contributed by atoms with E-state index in [9.17, 15) is 4.79 Å². The SMILES string of the molecule is C=CCn1c(SCC#N)nc2scc(-c3cccs3)c2c1=O. The largest absolute Gasteiger partial charge is 0.283 e. The molecule has 0 aliphatic carbocycles. The van der Waals surface area contributed by atoms with Gasteiger partial charge in [0.15, 0.2) is 5.16 Å². The first-order valence-electron chi connectivity index (χ1n) is 6.42. The van der Waals surface area contributed by atoms with Gasteiger partial charge >= 0.3 is 0 Å². The summed E-state index contributed by atoms with van der Waals surface area (Å²) in [5.41, 5.74) is 0.858. The van der Waals surface area contributed by atoms with E-state index < -0.39 is 0 Å². The zero-order valence-electron chi connectivity index (χ0n) is 11.5. The molecule has 0 amide bonds. The molecule has 22 heavy (non-hydrogen) atoms. The Morgan fingerprint density at radius 2 is 2.36 bits per heavy atom. The van der Waals surface area contributed by atoms with Crippen LogP contribution in [0.4, 0.5) is 0 Å². The zero-order chi connectivity index (χ0) is 15.5. The molecule has 0 saturated carbocycles. The van der Waals surface area contributed by atoms with Crippen LogP contribution >= 0.6 is 34.4 Å². The monoisotopic (exact) mass is 345 g/mol. The predicted molar refractivity (Wildman–Crippen MR) is 93.7 cm³/mol. The minimum atomic E-state index is -0.0741. The maximum atomic E-state index is 12.9. The highest BCUT2D eigenvalue weighted by molar-refractivity contribution is 7.99. The highest BCUT2D eigenvalue weighted by atomic mass is 32.2. The van der Waals surface area contributed by atoms with Crippen LogP contribution in [0.2, 0.25) is 0 Å². The summed E-state index contributed by atoms with van der Waals surface area (Å²) in [6.07, 6.45) is 1.67. The maximum Gasteiger partial charge on any atom is 0.263 e. The number of nitriles is 1. The van der Waals surface area contributed by atoms with E-state index in [1.54, 1.807) is 22.0 Å². The summed E-state index contributed by atoms with van der Waals surface area (Å²) in [4.78, 5) is 19.2. The van der Waals surface area contributed by atoms with Gasteiger partial charge in [-0.25, -0.2) is 4.98 Å². The topological polar surface area (TPSA) is 58.7 Å². The van der Waals surface area contributed by atoms with Crippen LogP contribution in [0.3, 0.4) is 0 Å². The van der Waals surface area contributed by atoms with Gasteiger partial charge in [0.05, 0.1) is 17.2 Å². The van der Waals surface area contributed by atoms with Crippen LogP contribution in [0.25, 0.3) is 20.7 Å². The minimum absolute atomic E-state index is 0.0741. The Hall–Kier alpha value is -1.88. The second-order valence-corrected chi connectivity index (χ2v) is 7.10. The van der Waals surface area contributed by atoms with E-state index >= 15 is 0 Å². The molecule has 0 aliphatic rings. The average Bonchev–Trinajstić information content (AvgIpc) is 3.17. The Morgan fingerprint density at radius 1 is 1.50 bits per heavy atom. The molecule has 0 fully saturated rings. The van der Waals surface area contributed by atoms with E-state index in [1.807, 2.05) is 22.9 Å². The number of thiophene rings is 2. The third-order valence-electron chi connectivity index (χ3n) is 3.02. The van der Waals surface area contributed by atoms with E-state index in [2.05, 4.69) is 17.6 Å². The number of allylic oxidation sites excluding steroid dienone is 1. The first-order valence-corrected chi connectivity index (χ1v) is 9.17. The number of rotatable bonds is 5. The van der Waals surface area contributed by atoms with E-state index in [1.165, 1.54) is 23.1 Å². The van der Waals surface area contributed by atoms with E-state index in [-0.39, 0.29) is 11.3 Å². The van der Waals surface area contributed by atoms with E-state index in [0.29, 0.717) is 21.9 Å². The smallest absolute Gasteiger partial charge is 0.263 e. The Balaban J connectivity index is 2.25. The summed E-state index contributed by atoms with van der Waals surface area (Å²) >= 11 is 4.34. The van der Waals surface area contributed by atoms with Crippen LogP contribution < -0.4 is 5.56 Å². The molecule has 0 aromatic carbocycles. The van der Waals surface area contributed by atoms with Crippen LogP contribution in [-0.4, -0.2) is 15.3 Å². The molecule has 3 heterocycles. The predicted octanol–water partition coefficient (Wildman–Crippen LogP) is 3.99. The van der Waals surface area contributed by atoms with Crippen LogP contribution in [0.5, 0.6) is 0 Å². The van der Waals surface area contributed by atoms with Gasteiger partial charge in [0, 0.05) is 22.4 Å². The number of hydrogen-bond donors (Lipinski definition) is 0. The summed E-state index contributed by atoms with van der Waals surface area (Å²) in [6, 6.07) is 6.04.